The Balaban J connectivity index is 1.64. The number of Topliss-reactive ketones (excluding diaryl/α,β-unsaturated/α-hetero) is 1. The zero-order chi connectivity index (χ0) is 18.7. The van der Waals surface area contributed by atoms with Crippen LogP contribution in [0.25, 0.3) is 5.57 Å². The molecule has 0 bridgehead atoms. The Morgan fingerprint density at radius 2 is 1.85 bits per heavy atom. The lowest BCUT2D eigenvalue weighted by Gasteiger charge is -2.24. The first-order chi connectivity index (χ1) is 12.4. The number of hydrogen-bond donors (Lipinski definition) is 1. The van der Waals surface area contributed by atoms with Gasteiger partial charge in [-0.15, -0.1) is 11.8 Å². The molecule has 0 aromatic heterocycles. The van der Waals surface area contributed by atoms with Crippen LogP contribution in [0.5, 0.6) is 0 Å². The minimum absolute atomic E-state index is 0.0525. The standard InChI is InChI=1S/C21H20Cl2O2S/c1-13-2-5-16(6-3-13)26-9-8-14-10-19(24)21(20(25)11-14)17-7-4-15(22)12-18(17)23/h2-7,12,14,24H,8-11H2,1H3. The molecule has 1 aliphatic carbocycles. The van der Waals surface area contributed by atoms with Crippen molar-refractivity contribution in [2.45, 2.75) is 31.1 Å². The van der Waals surface area contributed by atoms with E-state index < -0.39 is 0 Å². The van der Waals surface area contributed by atoms with E-state index in [1.54, 1.807) is 30.0 Å². The fourth-order valence-corrected chi connectivity index (χ4v) is 4.67. The third-order valence-corrected chi connectivity index (χ3v) is 6.13. The molecule has 0 fully saturated rings. The molecule has 0 saturated heterocycles. The molecule has 0 heterocycles. The van der Waals surface area contributed by atoms with Crippen molar-refractivity contribution < 1.29 is 9.90 Å². The zero-order valence-electron chi connectivity index (χ0n) is 14.5. The van der Waals surface area contributed by atoms with Crippen LogP contribution in [0, 0.1) is 12.8 Å². The van der Waals surface area contributed by atoms with E-state index in [2.05, 4.69) is 31.2 Å². The van der Waals surface area contributed by atoms with Crippen LogP contribution in [0.1, 0.15) is 30.4 Å². The Morgan fingerprint density at radius 1 is 1.12 bits per heavy atom. The summed E-state index contributed by atoms with van der Waals surface area (Å²) in [5, 5.41) is 11.4. The van der Waals surface area contributed by atoms with Crippen LogP contribution < -0.4 is 0 Å². The highest BCUT2D eigenvalue weighted by molar-refractivity contribution is 7.99. The van der Waals surface area contributed by atoms with Crippen LogP contribution in [-0.2, 0) is 4.79 Å². The van der Waals surface area contributed by atoms with Crippen LogP contribution in [-0.4, -0.2) is 16.6 Å². The summed E-state index contributed by atoms with van der Waals surface area (Å²) in [6.07, 6.45) is 1.83. The molecule has 0 amide bonds. The van der Waals surface area contributed by atoms with Crippen LogP contribution in [0.15, 0.2) is 53.1 Å². The second-order valence-electron chi connectivity index (χ2n) is 6.59. The fraction of sp³-hybridized carbons (Fsp3) is 0.286. The Hall–Kier alpha value is -1.42. The topological polar surface area (TPSA) is 37.3 Å². The Morgan fingerprint density at radius 3 is 2.50 bits per heavy atom. The van der Waals surface area contributed by atoms with Crippen molar-refractivity contribution >= 4 is 46.3 Å². The van der Waals surface area contributed by atoms with Crippen molar-refractivity contribution in [3.63, 3.8) is 0 Å². The number of hydrogen-bond acceptors (Lipinski definition) is 3. The molecule has 1 aliphatic rings. The van der Waals surface area contributed by atoms with Crippen molar-refractivity contribution in [1.82, 2.24) is 0 Å². The predicted molar refractivity (Wildman–Crippen MR) is 110 cm³/mol. The molecule has 2 aromatic carbocycles. The zero-order valence-corrected chi connectivity index (χ0v) is 16.8. The second-order valence-corrected chi connectivity index (χ2v) is 8.61. The Kier molecular flexibility index (Phi) is 6.33. The molecule has 2 nitrogen and oxygen atoms in total. The SMILES string of the molecule is Cc1ccc(SCCC2CC(=O)C(c3ccc(Cl)cc3Cl)=C(O)C2)cc1. The van der Waals surface area contributed by atoms with Crippen LogP contribution in [0.3, 0.4) is 0 Å². The van der Waals surface area contributed by atoms with E-state index in [0.29, 0.717) is 34.0 Å². The number of aryl methyl sites for hydroxylation is 1. The molecule has 1 unspecified atom stereocenters. The summed E-state index contributed by atoms with van der Waals surface area (Å²) in [5.74, 6) is 1.17. The summed E-state index contributed by atoms with van der Waals surface area (Å²) in [5.41, 5.74) is 2.15. The number of benzene rings is 2. The average Bonchev–Trinajstić information content (AvgIpc) is 2.58. The van der Waals surface area contributed by atoms with Gasteiger partial charge in [0.15, 0.2) is 5.78 Å². The molecule has 0 saturated carbocycles. The van der Waals surface area contributed by atoms with E-state index in [0.717, 1.165) is 12.2 Å². The number of aliphatic hydroxyl groups excluding tert-OH is 1. The van der Waals surface area contributed by atoms with Crippen LogP contribution in [0.4, 0.5) is 0 Å². The van der Waals surface area contributed by atoms with Gasteiger partial charge < -0.3 is 5.11 Å². The smallest absolute Gasteiger partial charge is 0.167 e. The summed E-state index contributed by atoms with van der Waals surface area (Å²) >= 11 is 13.9. The van der Waals surface area contributed by atoms with Crippen molar-refractivity contribution in [2.75, 3.05) is 5.75 Å². The van der Waals surface area contributed by atoms with Gasteiger partial charge >= 0.3 is 0 Å². The van der Waals surface area contributed by atoms with Crippen molar-refractivity contribution in [3.8, 4) is 0 Å². The van der Waals surface area contributed by atoms with Gasteiger partial charge in [0, 0.05) is 28.3 Å². The monoisotopic (exact) mass is 406 g/mol. The minimum atomic E-state index is -0.0525. The van der Waals surface area contributed by atoms with E-state index in [1.807, 2.05) is 0 Å². The lowest BCUT2D eigenvalue weighted by molar-refractivity contribution is -0.115. The number of halogens is 2. The molecular weight excluding hydrogens is 387 g/mol. The summed E-state index contributed by atoms with van der Waals surface area (Å²) in [4.78, 5) is 13.8. The quantitative estimate of drug-likeness (QED) is 0.558. The molecule has 5 heteroatoms. The number of rotatable bonds is 5. The number of carbonyl (C=O) groups excluding carboxylic acids is 1. The van der Waals surface area contributed by atoms with E-state index in [-0.39, 0.29) is 17.5 Å². The molecule has 0 aliphatic heterocycles. The predicted octanol–water partition coefficient (Wildman–Crippen LogP) is 6.73. The van der Waals surface area contributed by atoms with Crippen LogP contribution >= 0.6 is 35.0 Å². The lowest BCUT2D eigenvalue weighted by Crippen LogP contribution is -2.19. The molecular formula is C21H20Cl2O2S. The highest BCUT2D eigenvalue weighted by Crippen LogP contribution is 2.37. The molecule has 26 heavy (non-hydrogen) atoms. The van der Waals surface area contributed by atoms with Gasteiger partial charge in [0.05, 0.1) is 10.6 Å². The first-order valence-corrected chi connectivity index (χ1v) is 10.3. The molecule has 136 valence electrons. The first kappa shape index (κ1) is 19.3. The summed E-state index contributed by atoms with van der Waals surface area (Å²) in [7, 11) is 0. The van der Waals surface area contributed by atoms with E-state index in [9.17, 15) is 9.90 Å². The molecule has 1 N–H and O–H groups in total. The number of carbonyl (C=O) groups is 1. The van der Waals surface area contributed by atoms with Gasteiger partial charge in [-0.3, -0.25) is 4.79 Å². The molecule has 0 spiro atoms. The molecule has 1 atom stereocenters. The number of aliphatic hydroxyl groups is 1. The third kappa shape index (κ3) is 4.64. The maximum atomic E-state index is 12.6. The first-order valence-electron chi connectivity index (χ1n) is 8.54. The van der Waals surface area contributed by atoms with Crippen molar-refractivity contribution in [2.24, 2.45) is 5.92 Å². The summed E-state index contributed by atoms with van der Waals surface area (Å²) in [6.45, 7) is 2.07. The van der Waals surface area contributed by atoms with Gasteiger partial charge in [-0.25, -0.2) is 0 Å². The van der Waals surface area contributed by atoms with Gasteiger partial charge in [0.25, 0.3) is 0 Å². The van der Waals surface area contributed by atoms with Gasteiger partial charge in [0.1, 0.15) is 5.76 Å². The van der Waals surface area contributed by atoms with Crippen molar-refractivity contribution in [1.29, 1.82) is 0 Å². The fourth-order valence-electron chi connectivity index (χ4n) is 3.15. The van der Waals surface area contributed by atoms with Gasteiger partial charge in [0.2, 0.25) is 0 Å². The Labute approximate surface area is 168 Å². The van der Waals surface area contributed by atoms with Crippen molar-refractivity contribution in [3.05, 3.63) is 69.4 Å². The maximum Gasteiger partial charge on any atom is 0.167 e. The average molecular weight is 407 g/mol. The highest BCUT2D eigenvalue weighted by atomic mass is 35.5. The number of ketones is 1. The van der Waals surface area contributed by atoms with Crippen LogP contribution in [0.2, 0.25) is 10.0 Å². The van der Waals surface area contributed by atoms with E-state index >= 15 is 0 Å². The Bertz CT molecular complexity index is 844. The molecule has 0 radical (unpaired) electrons. The number of thioether (sulfide) groups is 1. The summed E-state index contributed by atoms with van der Waals surface area (Å²) < 4.78 is 0. The van der Waals surface area contributed by atoms with E-state index in [1.165, 1.54) is 10.5 Å². The third-order valence-electron chi connectivity index (χ3n) is 4.54. The number of allylic oxidation sites excluding steroid dienone is 2. The molecule has 2 aromatic rings. The van der Waals surface area contributed by atoms with Gasteiger partial charge in [-0.05, 0) is 49.3 Å². The van der Waals surface area contributed by atoms with Gasteiger partial charge in [-0.1, -0.05) is 47.0 Å². The largest absolute Gasteiger partial charge is 0.512 e. The van der Waals surface area contributed by atoms with E-state index in [4.69, 9.17) is 23.2 Å². The minimum Gasteiger partial charge on any atom is -0.512 e. The van der Waals surface area contributed by atoms with Gasteiger partial charge in [-0.2, -0.15) is 0 Å². The maximum absolute atomic E-state index is 12.6. The normalized spacial score (nSPS) is 17.7. The summed E-state index contributed by atoms with van der Waals surface area (Å²) in [6, 6.07) is 13.4. The highest BCUT2D eigenvalue weighted by Gasteiger charge is 2.29. The molecule has 3 rings (SSSR count). The lowest BCUT2D eigenvalue weighted by atomic mass is 9.83. The second kappa shape index (κ2) is 8.51.